The van der Waals surface area contributed by atoms with Crippen LogP contribution in [-0.2, 0) is 4.74 Å². The Morgan fingerprint density at radius 3 is 2.91 bits per heavy atom. The van der Waals surface area contributed by atoms with Gasteiger partial charge in [0, 0.05) is 5.41 Å². The van der Waals surface area contributed by atoms with Crippen molar-refractivity contribution in [3.8, 4) is 0 Å². The highest BCUT2D eigenvalue weighted by Gasteiger charge is 2.19. The summed E-state index contributed by atoms with van der Waals surface area (Å²) in [4.78, 5) is 12.5. The second kappa shape index (κ2) is 6.01. The number of hydrogen-bond acceptors (Lipinski definition) is 4. The van der Waals surface area contributed by atoms with Crippen molar-refractivity contribution in [3.63, 3.8) is 0 Å². The molecule has 1 aliphatic carbocycles. The average Bonchev–Trinajstić information content (AvgIpc) is 2.76. The molecule has 23 heavy (non-hydrogen) atoms. The molecule has 1 atom stereocenters. The normalized spacial score (nSPS) is 20.3. The topological polar surface area (TPSA) is 44.4 Å². The van der Waals surface area contributed by atoms with E-state index in [1.807, 2.05) is 30.4 Å². The molecule has 0 amide bonds. The maximum Gasteiger partial charge on any atom is 0.427 e. The van der Waals surface area contributed by atoms with Gasteiger partial charge in [-0.05, 0) is 42.9 Å². The van der Waals surface area contributed by atoms with E-state index in [1.54, 1.807) is 18.2 Å². The van der Waals surface area contributed by atoms with Crippen LogP contribution in [-0.4, -0.2) is 10.7 Å². The highest BCUT2D eigenvalue weighted by molar-refractivity contribution is 7.71. The quantitative estimate of drug-likeness (QED) is 0.695. The summed E-state index contributed by atoms with van der Waals surface area (Å²) >= 11 is 5.12. The summed E-state index contributed by atoms with van der Waals surface area (Å²) in [6, 6.07) is 7.16. The highest BCUT2D eigenvalue weighted by Crippen LogP contribution is 2.28. The van der Waals surface area contributed by atoms with E-state index in [0.29, 0.717) is 16.9 Å². The first-order valence-electron chi connectivity index (χ1n) is 7.44. The summed E-state index contributed by atoms with van der Waals surface area (Å²) in [5.41, 5.74) is 1.11. The van der Waals surface area contributed by atoms with Crippen LogP contribution in [0.25, 0.3) is 11.1 Å². The van der Waals surface area contributed by atoms with Crippen molar-refractivity contribution < 1.29 is 13.9 Å². The van der Waals surface area contributed by atoms with Crippen molar-refractivity contribution in [2.75, 3.05) is 0 Å². The summed E-state index contributed by atoms with van der Waals surface area (Å²) in [6.07, 6.45) is 9.98. The number of oxazole rings is 1. The van der Waals surface area contributed by atoms with Gasteiger partial charge in [0.2, 0.25) is 0 Å². The Labute approximate surface area is 139 Å². The van der Waals surface area contributed by atoms with Gasteiger partial charge in [-0.1, -0.05) is 44.2 Å². The van der Waals surface area contributed by atoms with Crippen LogP contribution in [0.15, 0.2) is 64.8 Å². The first-order chi connectivity index (χ1) is 11.0. The third kappa shape index (κ3) is 3.05. The number of para-hydroxylation sites is 2. The second-order valence-electron chi connectivity index (χ2n) is 5.66. The molecule has 1 aromatic heterocycles. The molecular formula is C18H17NO3S. The summed E-state index contributed by atoms with van der Waals surface area (Å²) in [5.74, 6) is 0.468. The minimum atomic E-state index is -0.579. The molecular weight excluding hydrogens is 310 g/mol. The lowest BCUT2D eigenvalue weighted by Gasteiger charge is -2.17. The molecule has 0 bridgehead atoms. The van der Waals surface area contributed by atoms with Crippen LogP contribution >= 0.6 is 12.2 Å². The van der Waals surface area contributed by atoms with Crippen molar-refractivity contribution in [3.05, 3.63) is 65.2 Å². The zero-order chi connectivity index (χ0) is 16.4. The molecule has 0 spiro atoms. The summed E-state index contributed by atoms with van der Waals surface area (Å²) in [6.45, 7) is 4.24. The number of allylic oxidation sites excluding steroid dienone is 5. The van der Waals surface area contributed by atoms with Crippen LogP contribution in [0.5, 0.6) is 0 Å². The Morgan fingerprint density at radius 1 is 1.35 bits per heavy atom. The van der Waals surface area contributed by atoms with Gasteiger partial charge >= 0.3 is 6.09 Å². The summed E-state index contributed by atoms with van der Waals surface area (Å²) < 4.78 is 12.1. The minimum absolute atomic E-state index is 0.0384. The van der Waals surface area contributed by atoms with Gasteiger partial charge in [0.05, 0.1) is 5.52 Å². The second-order valence-corrected chi connectivity index (χ2v) is 6.01. The fourth-order valence-electron chi connectivity index (χ4n) is 2.34. The molecule has 1 aromatic carbocycles. The number of nitrogens with zero attached hydrogens (tertiary/aromatic N) is 1. The zero-order valence-electron chi connectivity index (χ0n) is 13.0. The fourth-order valence-corrected chi connectivity index (χ4v) is 2.60. The van der Waals surface area contributed by atoms with Crippen molar-refractivity contribution in [2.24, 2.45) is 5.41 Å². The Hall–Kier alpha value is -2.40. The van der Waals surface area contributed by atoms with Gasteiger partial charge in [-0.2, -0.15) is 0 Å². The number of rotatable bonds is 2. The number of carbonyl (C=O) groups excluding carboxylic acids is 1. The van der Waals surface area contributed by atoms with Gasteiger partial charge < -0.3 is 9.15 Å². The van der Waals surface area contributed by atoms with Gasteiger partial charge in [-0.25, -0.2) is 9.36 Å². The largest absolute Gasteiger partial charge is 0.429 e. The van der Waals surface area contributed by atoms with Crippen LogP contribution < -0.4 is 0 Å². The average molecular weight is 327 g/mol. The Morgan fingerprint density at radius 2 is 2.13 bits per heavy atom. The fraction of sp³-hybridized carbons (Fsp3) is 0.222. The number of aromatic nitrogens is 1. The Balaban J connectivity index is 1.89. The minimum Gasteiger partial charge on any atom is -0.429 e. The number of benzene rings is 1. The third-order valence-corrected chi connectivity index (χ3v) is 4.27. The smallest absolute Gasteiger partial charge is 0.427 e. The molecule has 0 N–H and O–H groups in total. The van der Waals surface area contributed by atoms with Crippen molar-refractivity contribution in [2.45, 2.75) is 20.3 Å². The highest BCUT2D eigenvalue weighted by atomic mass is 32.1. The maximum atomic E-state index is 12.5. The maximum absolute atomic E-state index is 12.5. The van der Waals surface area contributed by atoms with E-state index in [4.69, 9.17) is 21.4 Å². The molecule has 0 saturated heterocycles. The van der Waals surface area contributed by atoms with Gasteiger partial charge in [-0.15, -0.1) is 0 Å². The molecule has 0 saturated carbocycles. The predicted molar refractivity (Wildman–Crippen MR) is 91.7 cm³/mol. The van der Waals surface area contributed by atoms with E-state index < -0.39 is 6.09 Å². The predicted octanol–water partition coefficient (Wildman–Crippen LogP) is 5.37. The van der Waals surface area contributed by atoms with Gasteiger partial charge in [0.1, 0.15) is 5.76 Å². The number of hydrogen-bond donors (Lipinski definition) is 0. The van der Waals surface area contributed by atoms with Gasteiger partial charge in [0.25, 0.3) is 4.84 Å². The summed E-state index contributed by atoms with van der Waals surface area (Å²) in [5, 5.41) is 0. The summed E-state index contributed by atoms with van der Waals surface area (Å²) in [7, 11) is 0. The molecule has 2 aromatic rings. The van der Waals surface area contributed by atoms with Crippen LogP contribution in [0, 0.1) is 10.3 Å². The number of ether oxygens (including phenoxy) is 1. The Kier molecular flexibility index (Phi) is 4.05. The lowest BCUT2D eigenvalue weighted by atomic mass is 9.87. The van der Waals surface area contributed by atoms with Crippen LogP contribution in [0.2, 0.25) is 0 Å². The lowest BCUT2D eigenvalue weighted by Crippen LogP contribution is -2.13. The molecule has 3 rings (SSSR count). The first-order valence-corrected chi connectivity index (χ1v) is 7.85. The van der Waals surface area contributed by atoms with Crippen molar-refractivity contribution in [1.29, 1.82) is 0 Å². The molecule has 0 aliphatic heterocycles. The van der Waals surface area contributed by atoms with Crippen LogP contribution in [0.3, 0.4) is 0 Å². The number of carbonyl (C=O) groups is 1. The molecule has 1 unspecified atom stereocenters. The van der Waals surface area contributed by atoms with Gasteiger partial charge in [0.15, 0.2) is 5.58 Å². The van der Waals surface area contributed by atoms with Crippen molar-refractivity contribution >= 4 is 29.4 Å². The molecule has 0 radical (unpaired) electrons. The van der Waals surface area contributed by atoms with Crippen LogP contribution in [0.1, 0.15) is 20.3 Å². The van der Waals surface area contributed by atoms with Crippen LogP contribution in [0.4, 0.5) is 4.79 Å². The number of fused-ring (bicyclic) bond motifs is 1. The van der Waals surface area contributed by atoms with E-state index in [9.17, 15) is 4.79 Å². The monoisotopic (exact) mass is 327 g/mol. The standard InChI is InChI=1S/C18H17NO3S/c1-3-18(2)11-6-7-13(10-12-18)21-16(20)19-14-8-4-5-9-15(14)22-17(19)23/h4-12H,3H2,1-2H3. The Bertz CT molecular complexity index is 900. The molecule has 118 valence electrons. The van der Waals surface area contributed by atoms with E-state index in [2.05, 4.69) is 19.9 Å². The van der Waals surface area contributed by atoms with Crippen molar-refractivity contribution in [1.82, 2.24) is 4.57 Å². The van der Waals surface area contributed by atoms with E-state index in [1.165, 1.54) is 4.57 Å². The van der Waals surface area contributed by atoms with E-state index in [-0.39, 0.29) is 10.3 Å². The molecule has 1 heterocycles. The zero-order valence-corrected chi connectivity index (χ0v) is 13.8. The lowest BCUT2D eigenvalue weighted by molar-refractivity contribution is 0.180. The molecule has 5 heteroatoms. The molecule has 1 aliphatic rings. The van der Waals surface area contributed by atoms with Gasteiger partial charge in [-0.3, -0.25) is 0 Å². The van der Waals surface area contributed by atoms with E-state index in [0.717, 1.165) is 6.42 Å². The SMILES string of the molecule is CCC1(C)C=CC=C(OC(=O)n2c(=S)oc3ccccc32)C=C1. The molecule has 0 fully saturated rings. The first kappa shape index (κ1) is 15.5. The molecule has 4 nitrogen and oxygen atoms in total. The van der Waals surface area contributed by atoms with E-state index >= 15 is 0 Å². The third-order valence-electron chi connectivity index (χ3n) is 4.00.